The summed E-state index contributed by atoms with van der Waals surface area (Å²) < 4.78 is 25.2. The fraction of sp³-hybridized carbons (Fsp3) is 0.611. The highest BCUT2D eigenvalue weighted by atomic mass is 32.2. The van der Waals surface area contributed by atoms with E-state index in [1.54, 1.807) is 19.1 Å². The van der Waals surface area contributed by atoms with Crippen LogP contribution in [0.3, 0.4) is 0 Å². The van der Waals surface area contributed by atoms with Gasteiger partial charge in [0, 0.05) is 19.0 Å². The van der Waals surface area contributed by atoms with Gasteiger partial charge in [-0.15, -0.1) is 0 Å². The Morgan fingerprint density at radius 2 is 1.88 bits per heavy atom. The molecule has 6 nitrogen and oxygen atoms in total. The van der Waals surface area contributed by atoms with E-state index < -0.39 is 10.0 Å². The number of benzene rings is 1. The number of hydrogen-bond donors (Lipinski definition) is 2. The molecule has 7 heteroatoms. The molecule has 0 atom stereocenters. The lowest BCUT2D eigenvalue weighted by molar-refractivity contribution is -0.120. The number of carbonyl (C=O) groups is 1. The van der Waals surface area contributed by atoms with Crippen molar-refractivity contribution in [3.8, 4) is 5.75 Å². The summed E-state index contributed by atoms with van der Waals surface area (Å²) in [6.07, 6.45) is 0.982. The third kappa shape index (κ3) is 4.73. The number of piperidine rings is 1. The number of nitrogens with one attached hydrogen (secondary N) is 1. The molecule has 0 bridgehead atoms. The van der Waals surface area contributed by atoms with Crippen LogP contribution >= 0.6 is 0 Å². The van der Waals surface area contributed by atoms with E-state index in [9.17, 15) is 18.3 Å². The summed E-state index contributed by atoms with van der Waals surface area (Å²) in [5, 5.41) is 12.8. The van der Waals surface area contributed by atoms with E-state index in [1.807, 2.05) is 6.07 Å². The first-order chi connectivity index (χ1) is 11.5. The van der Waals surface area contributed by atoms with Crippen LogP contribution in [0.4, 0.5) is 5.69 Å². The normalized spacial score (nSPS) is 17.4. The lowest BCUT2D eigenvalue weighted by Gasteiger charge is -2.30. The molecule has 0 unspecified atom stereocenters. The molecule has 25 heavy (non-hydrogen) atoms. The predicted octanol–water partition coefficient (Wildman–Crippen LogP) is 2.69. The number of carbonyl (C=O) groups excluding carboxylic acids is 1. The average molecular weight is 368 g/mol. The molecule has 1 amide bonds. The minimum Gasteiger partial charge on any atom is -0.506 e. The molecular weight excluding hydrogens is 340 g/mol. The van der Waals surface area contributed by atoms with Gasteiger partial charge in [-0.25, -0.2) is 12.7 Å². The molecule has 2 rings (SSSR count). The molecule has 140 valence electrons. The Morgan fingerprint density at radius 1 is 1.28 bits per heavy atom. The quantitative estimate of drug-likeness (QED) is 0.800. The smallest absolute Gasteiger partial charge is 0.227 e. The second kappa shape index (κ2) is 7.33. The van der Waals surface area contributed by atoms with Gasteiger partial charge in [-0.05, 0) is 42.9 Å². The molecule has 2 N–H and O–H groups in total. The lowest BCUT2D eigenvalue weighted by atomic mass is 9.86. The summed E-state index contributed by atoms with van der Waals surface area (Å²) in [5.41, 5.74) is 1.33. The van der Waals surface area contributed by atoms with Gasteiger partial charge < -0.3 is 10.4 Å². The van der Waals surface area contributed by atoms with Crippen molar-refractivity contribution in [1.29, 1.82) is 0 Å². The van der Waals surface area contributed by atoms with Gasteiger partial charge in [0.2, 0.25) is 15.9 Å². The van der Waals surface area contributed by atoms with Crippen LogP contribution in [-0.2, 0) is 20.2 Å². The van der Waals surface area contributed by atoms with E-state index in [4.69, 9.17) is 0 Å². The van der Waals surface area contributed by atoms with Crippen LogP contribution < -0.4 is 5.32 Å². The fourth-order valence-corrected chi connectivity index (χ4v) is 4.05. The summed E-state index contributed by atoms with van der Waals surface area (Å²) in [7, 11) is -3.20. The van der Waals surface area contributed by atoms with E-state index in [-0.39, 0.29) is 28.7 Å². The van der Waals surface area contributed by atoms with Crippen LogP contribution in [-0.4, -0.2) is 42.6 Å². The van der Waals surface area contributed by atoms with Crippen LogP contribution in [0.5, 0.6) is 5.75 Å². The van der Waals surface area contributed by atoms with Crippen molar-refractivity contribution >= 4 is 21.6 Å². The monoisotopic (exact) mass is 368 g/mol. The van der Waals surface area contributed by atoms with Crippen molar-refractivity contribution in [2.24, 2.45) is 5.92 Å². The summed E-state index contributed by atoms with van der Waals surface area (Å²) >= 11 is 0. The van der Waals surface area contributed by atoms with E-state index in [1.165, 1.54) is 4.31 Å². The van der Waals surface area contributed by atoms with Crippen molar-refractivity contribution in [3.63, 3.8) is 0 Å². The Hall–Kier alpha value is -1.60. The van der Waals surface area contributed by atoms with Gasteiger partial charge in [0.25, 0.3) is 0 Å². The Balaban J connectivity index is 2.04. The number of phenols is 1. The molecule has 0 radical (unpaired) electrons. The topological polar surface area (TPSA) is 86.7 Å². The zero-order valence-electron chi connectivity index (χ0n) is 15.4. The molecule has 1 heterocycles. The molecule has 1 aromatic carbocycles. The third-order valence-electron chi connectivity index (χ3n) is 4.70. The van der Waals surface area contributed by atoms with Crippen LogP contribution in [0.2, 0.25) is 0 Å². The van der Waals surface area contributed by atoms with Crippen LogP contribution in [0.25, 0.3) is 0 Å². The van der Waals surface area contributed by atoms with Gasteiger partial charge in [0.1, 0.15) is 5.75 Å². The van der Waals surface area contributed by atoms with E-state index in [0.29, 0.717) is 31.6 Å². The lowest BCUT2D eigenvalue weighted by Crippen LogP contribution is -2.42. The first-order valence-electron chi connectivity index (χ1n) is 8.67. The molecule has 1 aliphatic rings. The number of rotatable bonds is 4. The van der Waals surface area contributed by atoms with Gasteiger partial charge in [-0.2, -0.15) is 0 Å². The Kier molecular flexibility index (Phi) is 5.79. The first-order valence-corrected chi connectivity index (χ1v) is 10.3. The van der Waals surface area contributed by atoms with Crippen LogP contribution in [0, 0.1) is 5.92 Å². The van der Waals surface area contributed by atoms with Crippen LogP contribution in [0.15, 0.2) is 18.2 Å². The standard InChI is InChI=1S/C18H28N2O4S/c1-5-25(23,24)20-10-8-13(9-11-20)17(22)19-15-12-14(18(2,3)4)6-7-16(15)21/h6-7,12-13,21H,5,8-11H2,1-4H3,(H,19,22). The number of aromatic hydroxyl groups is 1. The highest BCUT2D eigenvalue weighted by Crippen LogP contribution is 2.31. The maximum Gasteiger partial charge on any atom is 0.227 e. The minimum atomic E-state index is -3.20. The molecular formula is C18H28N2O4S. The first kappa shape index (κ1) is 19.7. The zero-order chi connectivity index (χ0) is 18.8. The van der Waals surface area contributed by atoms with Gasteiger partial charge in [-0.1, -0.05) is 26.8 Å². The van der Waals surface area contributed by atoms with Crippen molar-refractivity contribution in [2.45, 2.75) is 46.0 Å². The molecule has 1 aliphatic heterocycles. The van der Waals surface area contributed by atoms with Crippen molar-refractivity contribution < 1.29 is 18.3 Å². The zero-order valence-corrected chi connectivity index (χ0v) is 16.2. The fourth-order valence-electron chi connectivity index (χ4n) is 2.92. The largest absolute Gasteiger partial charge is 0.506 e. The maximum atomic E-state index is 12.5. The van der Waals surface area contributed by atoms with Crippen molar-refractivity contribution in [2.75, 3.05) is 24.2 Å². The number of sulfonamides is 1. The van der Waals surface area contributed by atoms with Gasteiger partial charge in [0.05, 0.1) is 11.4 Å². The Bertz CT molecular complexity index is 730. The number of hydrogen-bond acceptors (Lipinski definition) is 4. The second-order valence-electron chi connectivity index (χ2n) is 7.55. The number of anilines is 1. The minimum absolute atomic E-state index is 0.0346. The molecule has 1 aromatic rings. The SMILES string of the molecule is CCS(=O)(=O)N1CCC(C(=O)Nc2cc(C(C)(C)C)ccc2O)CC1. The molecule has 0 saturated carbocycles. The van der Waals surface area contributed by atoms with Gasteiger partial charge >= 0.3 is 0 Å². The Morgan fingerprint density at radius 3 is 2.40 bits per heavy atom. The Labute approximate surface area is 150 Å². The molecule has 0 aliphatic carbocycles. The molecule has 0 aromatic heterocycles. The molecule has 0 spiro atoms. The van der Waals surface area contributed by atoms with Gasteiger partial charge in [0.15, 0.2) is 0 Å². The number of nitrogens with zero attached hydrogens (tertiary/aromatic N) is 1. The van der Waals surface area contributed by atoms with Crippen molar-refractivity contribution in [3.05, 3.63) is 23.8 Å². The number of phenolic OH excluding ortho intramolecular Hbond substituents is 1. The highest BCUT2D eigenvalue weighted by Gasteiger charge is 2.30. The van der Waals surface area contributed by atoms with Crippen molar-refractivity contribution in [1.82, 2.24) is 4.31 Å². The molecule has 1 saturated heterocycles. The second-order valence-corrected chi connectivity index (χ2v) is 9.80. The van der Waals surface area contributed by atoms with Gasteiger partial charge in [-0.3, -0.25) is 4.79 Å². The summed E-state index contributed by atoms with van der Waals surface area (Å²) in [4.78, 5) is 12.5. The number of amides is 1. The van der Waals surface area contributed by atoms with E-state index in [2.05, 4.69) is 26.1 Å². The maximum absolute atomic E-state index is 12.5. The summed E-state index contributed by atoms with van der Waals surface area (Å²) in [5.74, 6) is -0.305. The predicted molar refractivity (Wildman–Crippen MR) is 99.2 cm³/mol. The summed E-state index contributed by atoms with van der Waals surface area (Å²) in [6, 6.07) is 5.23. The summed E-state index contributed by atoms with van der Waals surface area (Å²) in [6.45, 7) is 8.54. The average Bonchev–Trinajstić information content (AvgIpc) is 2.56. The molecule has 1 fully saturated rings. The van der Waals surface area contributed by atoms with Crippen LogP contribution in [0.1, 0.15) is 46.1 Å². The van der Waals surface area contributed by atoms with E-state index >= 15 is 0 Å². The third-order valence-corrected chi connectivity index (χ3v) is 6.58. The highest BCUT2D eigenvalue weighted by molar-refractivity contribution is 7.89. The van der Waals surface area contributed by atoms with E-state index in [0.717, 1.165) is 5.56 Å².